The van der Waals surface area contributed by atoms with Crippen LogP contribution < -0.4 is 10.6 Å². The maximum absolute atomic E-state index is 13.0. The minimum Gasteiger partial charge on any atom is -0.479 e. The lowest BCUT2D eigenvalue weighted by molar-refractivity contribution is -0.142. The zero-order valence-corrected chi connectivity index (χ0v) is 19.2. The Bertz CT molecular complexity index is 1240. The van der Waals surface area contributed by atoms with Gasteiger partial charge in [0, 0.05) is 19.2 Å². The quantitative estimate of drug-likeness (QED) is 0.461. The molecule has 1 saturated carbocycles. The Labute approximate surface area is 202 Å². The number of hydrogen-bond donors (Lipinski definition) is 3. The summed E-state index contributed by atoms with van der Waals surface area (Å²) < 4.78 is 6.97. The number of alkyl carbamates (subject to hydrolysis) is 1. The van der Waals surface area contributed by atoms with E-state index in [4.69, 9.17) is 4.74 Å². The van der Waals surface area contributed by atoms with Crippen LogP contribution in [-0.4, -0.2) is 45.5 Å². The Kier molecular flexibility index (Phi) is 5.98. The van der Waals surface area contributed by atoms with Crippen LogP contribution in [0.4, 0.5) is 4.79 Å². The summed E-state index contributed by atoms with van der Waals surface area (Å²) in [6, 6.07) is 15.5. The van der Waals surface area contributed by atoms with Crippen LogP contribution in [0.2, 0.25) is 0 Å². The van der Waals surface area contributed by atoms with E-state index in [2.05, 4.69) is 27.9 Å². The lowest BCUT2D eigenvalue weighted by atomic mass is 9.98. The number of benzene rings is 2. The molecular formula is C26H26N4O5. The Morgan fingerprint density at radius 2 is 1.66 bits per heavy atom. The number of ether oxygens (including phenoxy) is 1. The largest absolute Gasteiger partial charge is 0.479 e. The minimum absolute atomic E-state index is 0.0588. The van der Waals surface area contributed by atoms with Gasteiger partial charge in [0.25, 0.3) is 0 Å². The molecule has 0 saturated heterocycles. The fraction of sp³-hybridized carbons (Fsp3) is 0.308. The van der Waals surface area contributed by atoms with Crippen molar-refractivity contribution in [3.63, 3.8) is 0 Å². The van der Waals surface area contributed by atoms with E-state index in [9.17, 15) is 19.5 Å². The highest BCUT2D eigenvalue weighted by Gasteiger charge is 2.40. The van der Waals surface area contributed by atoms with E-state index in [1.807, 2.05) is 36.4 Å². The monoisotopic (exact) mass is 474 g/mol. The number of aromatic nitrogens is 2. The number of amides is 2. The first-order valence-electron chi connectivity index (χ1n) is 11.6. The van der Waals surface area contributed by atoms with E-state index in [1.165, 1.54) is 16.9 Å². The van der Waals surface area contributed by atoms with E-state index >= 15 is 0 Å². The second-order valence-corrected chi connectivity index (χ2v) is 8.94. The topological polar surface area (TPSA) is 123 Å². The summed E-state index contributed by atoms with van der Waals surface area (Å²) in [5.74, 6) is -1.92. The average molecular weight is 475 g/mol. The van der Waals surface area contributed by atoms with Gasteiger partial charge in [0.15, 0.2) is 6.04 Å². The van der Waals surface area contributed by atoms with Gasteiger partial charge < -0.3 is 20.5 Å². The molecular weight excluding hydrogens is 448 g/mol. The molecule has 5 rings (SSSR count). The first kappa shape index (κ1) is 22.6. The van der Waals surface area contributed by atoms with Gasteiger partial charge in [0.05, 0.1) is 5.69 Å². The molecule has 0 aliphatic heterocycles. The van der Waals surface area contributed by atoms with E-state index in [0.29, 0.717) is 5.69 Å². The second-order valence-electron chi connectivity index (χ2n) is 8.94. The molecule has 1 fully saturated rings. The van der Waals surface area contributed by atoms with Crippen LogP contribution in [0.25, 0.3) is 11.1 Å². The number of carbonyl (C=O) groups excluding carboxylic acids is 2. The summed E-state index contributed by atoms with van der Waals surface area (Å²) in [6.45, 7) is 0.131. The molecule has 35 heavy (non-hydrogen) atoms. The predicted octanol–water partition coefficient (Wildman–Crippen LogP) is 2.98. The van der Waals surface area contributed by atoms with E-state index in [1.54, 1.807) is 7.05 Å². The number of hydrogen-bond acceptors (Lipinski definition) is 5. The molecule has 3 N–H and O–H groups in total. The predicted molar refractivity (Wildman–Crippen MR) is 126 cm³/mol. The molecule has 2 amide bonds. The summed E-state index contributed by atoms with van der Waals surface area (Å²) in [5.41, 5.74) is 4.78. The normalized spacial score (nSPS) is 16.0. The van der Waals surface area contributed by atoms with Gasteiger partial charge >= 0.3 is 12.1 Å². The summed E-state index contributed by atoms with van der Waals surface area (Å²) in [6.07, 6.45) is 2.30. The molecule has 2 unspecified atom stereocenters. The minimum atomic E-state index is -1.28. The molecule has 0 radical (unpaired) electrons. The molecule has 1 aromatic heterocycles. The number of aliphatic carboxylic acids is 1. The zero-order valence-electron chi connectivity index (χ0n) is 19.2. The van der Waals surface area contributed by atoms with Crippen molar-refractivity contribution in [1.29, 1.82) is 0 Å². The van der Waals surface area contributed by atoms with Crippen LogP contribution in [0, 0.1) is 5.92 Å². The van der Waals surface area contributed by atoms with Crippen molar-refractivity contribution in [3.05, 3.63) is 77.6 Å². The second kappa shape index (κ2) is 9.25. The number of carbonyl (C=O) groups is 3. The summed E-state index contributed by atoms with van der Waals surface area (Å²) in [5, 5.41) is 18.8. The zero-order chi connectivity index (χ0) is 24.5. The highest BCUT2D eigenvalue weighted by atomic mass is 16.5. The van der Waals surface area contributed by atoms with Crippen molar-refractivity contribution >= 4 is 18.0 Å². The van der Waals surface area contributed by atoms with Crippen molar-refractivity contribution in [2.24, 2.45) is 13.0 Å². The average Bonchev–Trinajstić information content (AvgIpc) is 3.53. The van der Waals surface area contributed by atoms with Crippen LogP contribution in [0.5, 0.6) is 0 Å². The Morgan fingerprint density at radius 1 is 1.03 bits per heavy atom. The lowest BCUT2D eigenvalue weighted by Crippen LogP contribution is -2.50. The highest BCUT2D eigenvalue weighted by molar-refractivity contribution is 5.90. The fourth-order valence-corrected chi connectivity index (χ4v) is 4.76. The molecule has 1 heterocycles. The van der Waals surface area contributed by atoms with Crippen LogP contribution >= 0.6 is 0 Å². The van der Waals surface area contributed by atoms with Gasteiger partial charge in [-0.2, -0.15) is 5.10 Å². The smallest absolute Gasteiger partial charge is 0.407 e. The van der Waals surface area contributed by atoms with Crippen LogP contribution in [0.3, 0.4) is 0 Å². The van der Waals surface area contributed by atoms with Crippen LogP contribution in [-0.2, 0) is 21.4 Å². The Morgan fingerprint density at radius 3 is 2.20 bits per heavy atom. The van der Waals surface area contributed by atoms with Crippen molar-refractivity contribution in [2.45, 2.75) is 30.8 Å². The third-order valence-electron chi connectivity index (χ3n) is 6.68. The molecule has 9 heteroatoms. The van der Waals surface area contributed by atoms with Crippen molar-refractivity contribution in [3.8, 4) is 11.1 Å². The first-order chi connectivity index (χ1) is 16.9. The maximum atomic E-state index is 13.0. The van der Waals surface area contributed by atoms with Gasteiger partial charge in [0.2, 0.25) is 5.91 Å². The molecule has 0 spiro atoms. The number of aryl methyl sites for hydroxylation is 1. The van der Waals surface area contributed by atoms with E-state index in [0.717, 1.165) is 35.1 Å². The highest BCUT2D eigenvalue weighted by Crippen LogP contribution is 2.44. The van der Waals surface area contributed by atoms with Crippen molar-refractivity contribution in [2.75, 3.05) is 6.61 Å². The fourth-order valence-electron chi connectivity index (χ4n) is 4.76. The van der Waals surface area contributed by atoms with E-state index in [-0.39, 0.29) is 18.4 Å². The third-order valence-corrected chi connectivity index (χ3v) is 6.68. The molecule has 0 bridgehead atoms. The number of nitrogens with one attached hydrogen (secondary N) is 2. The lowest BCUT2D eigenvalue weighted by Gasteiger charge is -2.22. The summed E-state index contributed by atoms with van der Waals surface area (Å²) >= 11 is 0. The molecule has 2 atom stereocenters. The van der Waals surface area contributed by atoms with Gasteiger partial charge in [-0.1, -0.05) is 48.5 Å². The molecule has 180 valence electrons. The van der Waals surface area contributed by atoms with Crippen molar-refractivity contribution in [1.82, 2.24) is 20.4 Å². The molecule has 2 aromatic carbocycles. The standard InChI is InChI=1S/C26H26N4O5/c1-30-21(12-13-27-30)23(25(32)33)28-24(31)22(15-10-11-15)29-26(34)35-14-20-18-8-4-2-6-16(18)17-7-3-5-9-19(17)20/h2-9,12-13,15,20,22-23H,10-11,14H2,1H3,(H,28,31)(H,29,34)(H,32,33). The SMILES string of the molecule is Cn1nccc1C(NC(=O)C(NC(=O)OCC1c2ccccc2-c2ccccc21)C1CC1)C(=O)O. The maximum Gasteiger partial charge on any atom is 0.407 e. The van der Waals surface area contributed by atoms with E-state index < -0.39 is 30.1 Å². The number of carboxylic acid groups (broad SMARTS) is 1. The Balaban J connectivity index is 1.25. The number of nitrogens with zero attached hydrogens (tertiary/aromatic N) is 2. The Hall–Kier alpha value is -4.14. The van der Waals surface area contributed by atoms with Gasteiger partial charge in [-0.25, -0.2) is 9.59 Å². The third kappa shape index (κ3) is 4.49. The molecule has 3 aromatic rings. The van der Waals surface area contributed by atoms with Gasteiger partial charge in [-0.05, 0) is 47.1 Å². The van der Waals surface area contributed by atoms with Crippen molar-refractivity contribution < 1.29 is 24.2 Å². The van der Waals surface area contributed by atoms with Crippen LogP contribution in [0.1, 0.15) is 41.6 Å². The number of rotatable bonds is 8. The molecule has 9 nitrogen and oxygen atoms in total. The molecule has 2 aliphatic carbocycles. The summed E-state index contributed by atoms with van der Waals surface area (Å²) in [4.78, 5) is 37.5. The first-order valence-corrected chi connectivity index (χ1v) is 11.6. The van der Waals surface area contributed by atoms with Gasteiger partial charge in [0.1, 0.15) is 12.6 Å². The van der Waals surface area contributed by atoms with Gasteiger partial charge in [-0.15, -0.1) is 0 Å². The van der Waals surface area contributed by atoms with Crippen LogP contribution in [0.15, 0.2) is 60.8 Å². The summed E-state index contributed by atoms with van der Waals surface area (Å²) in [7, 11) is 1.60. The van der Waals surface area contributed by atoms with Gasteiger partial charge in [-0.3, -0.25) is 9.48 Å². The number of fused-ring (bicyclic) bond motifs is 3. The number of carboxylic acids is 1. The molecule has 2 aliphatic rings.